The van der Waals surface area contributed by atoms with Gasteiger partial charge >= 0.3 is 0 Å². The van der Waals surface area contributed by atoms with Crippen LogP contribution < -0.4 is 0 Å². The zero-order chi connectivity index (χ0) is 13.7. The highest BCUT2D eigenvalue weighted by molar-refractivity contribution is 14.1. The second-order valence-corrected chi connectivity index (χ2v) is 5.19. The van der Waals surface area contributed by atoms with E-state index in [9.17, 15) is 9.59 Å². The topological polar surface area (TPSA) is 40.6 Å². The number of benzene rings is 1. The van der Waals surface area contributed by atoms with Gasteiger partial charge < -0.3 is 9.80 Å². The molecule has 0 aromatic heterocycles. The number of hydrogen-bond donors (Lipinski definition) is 0. The molecule has 1 aromatic carbocycles. The van der Waals surface area contributed by atoms with Crippen LogP contribution in [0.2, 0.25) is 0 Å². The summed E-state index contributed by atoms with van der Waals surface area (Å²) in [6, 6.07) is 6.78. The molecular weight excluding hydrogens is 458 g/mol. The molecule has 0 unspecified atom stereocenters. The monoisotopic (exact) mass is 472 g/mol. The molecule has 0 heterocycles. The Morgan fingerprint density at radius 2 is 1.17 bits per heavy atom. The Balaban J connectivity index is 2.86. The quantitative estimate of drug-likeness (QED) is 0.385. The summed E-state index contributed by atoms with van der Waals surface area (Å²) in [5.41, 5.74) is 1.20. The number of carbonyl (C=O) groups is 2. The minimum Gasteiger partial charge on any atom is -0.333 e. The van der Waals surface area contributed by atoms with Gasteiger partial charge in [0.15, 0.2) is 0 Å². The third kappa shape index (κ3) is 3.81. The van der Waals surface area contributed by atoms with Crippen molar-refractivity contribution in [1.29, 1.82) is 0 Å². The minimum absolute atomic E-state index is 0.0364. The first-order valence-corrected chi connectivity index (χ1v) is 8.29. The molecule has 0 spiro atoms. The Bertz CT molecular complexity index is 393. The zero-order valence-corrected chi connectivity index (χ0v) is 14.5. The summed E-state index contributed by atoms with van der Waals surface area (Å²) in [4.78, 5) is 27.0. The summed E-state index contributed by atoms with van der Waals surface area (Å²) < 4.78 is 1.27. The normalized spacial score (nSPS) is 10.0. The molecule has 0 fully saturated rings. The Labute approximate surface area is 134 Å². The summed E-state index contributed by atoms with van der Waals surface area (Å²) >= 11 is 4.26. The predicted molar refractivity (Wildman–Crippen MR) is 88.4 cm³/mol. The molecule has 1 rings (SSSR count). The maximum absolute atomic E-state index is 11.9. The fourth-order valence-electron chi connectivity index (χ4n) is 1.30. The third-order valence-corrected chi connectivity index (χ3v) is 4.48. The number of carbonyl (C=O) groups excluding carboxylic acids is 2. The Hall–Kier alpha value is -0.380. The zero-order valence-electron chi connectivity index (χ0n) is 10.2. The second kappa shape index (κ2) is 7.27. The Morgan fingerprint density at radius 3 is 1.39 bits per heavy atom. The first-order chi connectivity index (χ1) is 8.51. The van der Waals surface area contributed by atoms with Crippen LogP contribution >= 0.6 is 45.2 Å². The van der Waals surface area contributed by atoms with E-state index in [0.717, 1.165) is 0 Å². The fourth-order valence-corrected chi connectivity index (χ4v) is 1.92. The molecule has 0 atom stereocenters. The van der Waals surface area contributed by atoms with Crippen LogP contribution in [0.1, 0.15) is 20.7 Å². The van der Waals surface area contributed by atoms with Crippen LogP contribution in [0.15, 0.2) is 24.3 Å². The molecule has 6 heteroatoms. The number of amides is 2. The molecule has 1 aromatic rings. The predicted octanol–water partition coefficient (Wildman–Crippen LogP) is 2.62. The molecule has 0 N–H and O–H groups in total. The molecule has 0 bridgehead atoms. The molecule has 2 amide bonds. The Morgan fingerprint density at radius 1 is 0.889 bits per heavy atom. The third-order valence-electron chi connectivity index (χ3n) is 2.43. The first-order valence-electron chi connectivity index (χ1n) is 5.24. The van der Waals surface area contributed by atoms with Crippen molar-refractivity contribution < 1.29 is 9.59 Å². The van der Waals surface area contributed by atoms with Gasteiger partial charge in [0, 0.05) is 25.2 Å². The standard InChI is InChI=1S/C12H14I2N2O2/c1-15(7-13)11(17)9-3-5-10(6-4-9)12(18)16(2)8-14/h3-6H,7-8H2,1-2H3. The van der Waals surface area contributed by atoms with Crippen LogP contribution in [0.5, 0.6) is 0 Å². The van der Waals surface area contributed by atoms with Crippen LogP contribution in [-0.4, -0.2) is 44.8 Å². The Kier molecular flexibility index (Phi) is 6.33. The van der Waals surface area contributed by atoms with Crippen LogP contribution in [0.25, 0.3) is 0 Å². The van der Waals surface area contributed by atoms with Crippen molar-refractivity contribution in [3.8, 4) is 0 Å². The smallest absolute Gasteiger partial charge is 0.254 e. The molecule has 98 valence electrons. The van der Waals surface area contributed by atoms with E-state index in [-0.39, 0.29) is 11.8 Å². The molecule has 0 saturated heterocycles. The molecule has 0 saturated carbocycles. The van der Waals surface area contributed by atoms with Gasteiger partial charge in [-0.3, -0.25) is 9.59 Å². The van der Waals surface area contributed by atoms with Crippen molar-refractivity contribution in [2.45, 2.75) is 0 Å². The van der Waals surface area contributed by atoms with Crippen LogP contribution in [0, 0.1) is 0 Å². The maximum atomic E-state index is 11.9. The number of rotatable bonds is 4. The van der Waals surface area contributed by atoms with E-state index in [0.29, 0.717) is 20.2 Å². The summed E-state index contributed by atoms with van der Waals surface area (Å²) in [5.74, 6) is -0.0729. The average molecular weight is 472 g/mol. The van der Waals surface area contributed by atoms with E-state index < -0.39 is 0 Å². The lowest BCUT2D eigenvalue weighted by Crippen LogP contribution is -2.26. The maximum Gasteiger partial charge on any atom is 0.254 e. The van der Waals surface area contributed by atoms with Gasteiger partial charge in [-0.25, -0.2) is 0 Å². The highest BCUT2D eigenvalue weighted by Crippen LogP contribution is 2.10. The second-order valence-electron chi connectivity index (χ2n) is 3.82. The lowest BCUT2D eigenvalue weighted by molar-refractivity contribution is 0.0812. The van der Waals surface area contributed by atoms with Crippen LogP contribution in [0.4, 0.5) is 0 Å². The highest BCUT2D eigenvalue weighted by atomic mass is 127. The van der Waals surface area contributed by atoms with Crippen molar-refractivity contribution in [2.75, 3.05) is 23.2 Å². The van der Waals surface area contributed by atoms with Crippen molar-refractivity contribution in [3.63, 3.8) is 0 Å². The molecule has 0 aliphatic heterocycles. The molecular formula is C12H14I2N2O2. The summed E-state index contributed by atoms with van der Waals surface area (Å²) in [5, 5.41) is 0. The number of hydrogen-bond acceptors (Lipinski definition) is 2. The summed E-state index contributed by atoms with van der Waals surface area (Å²) in [6.45, 7) is 0. The lowest BCUT2D eigenvalue weighted by atomic mass is 10.1. The van der Waals surface area contributed by atoms with Gasteiger partial charge in [0.25, 0.3) is 11.8 Å². The number of halogens is 2. The average Bonchev–Trinajstić information content (AvgIpc) is 2.44. The van der Waals surface area contributed by atoms with Gasteiger partial charge in [-0.1, -0.05) is 45.2 Å². The van der Waals surface area contributed by atoms with Gasteiger partial charge in [-0.05, 0) is 24.3 Å². The first kappa shape index (κ1) is 15.7. The van der Waals surface area contributed by atoms with Gasteiger partial charge in [0.1, 0.15) is 0 Å². The van der Waals surface area contributed by atoms with E-state index in [1.54, 1.807) is 48.2 Å². The van der Waals surface area contributed by atoms with E-state index in [4.69, 9.17) is 0 Å². The SMILES string of the molecule is CN(CI)C(=O)c1ccc(C(=O)N(C)CI)cc1. The van der Waals surface area contributed by atoms with Crippen LogP contribution in [-0.2, 0) is 0 Å². The van der Waals surface area contributed by atoms with Crippen molar-refractivity contribution >= 4 is 57.0 Å². The molecule has 4 nitrogen and oxygen atoms in total. The van der Waals surface area contributed by atoms with Gasteiger partial charge in [-0.15, -0.1) is 0 Å². The fraction of sp³-hybridized carbons (Fsp3) is 0.333. The molecule has 0 aliphatic rings. The van der Waals surface area contributed by atoms with Gasteiger partial charge in [0.05, 0.1) is 9.10 Å². The van der Waals surface area contributed by atoms with E-state index in [2.05, 4.69) is 45.2 Å². The van der Waals surface area contributed by atoms with E-state index >= 15 is 0 Å². The highest BCUT2D eigenvalue weighted by Gasteiger charge is 2.13. The van der Waals surface area contributed by atoms with Gasteiger partial charge in [0.2, 0.25) is 0 Å². The van der Waals surface area contributed by atoms with E-state index in [1.807, 2.05) is 0 Å². The number of nitrogens with zero attached hydrogens (tertiary/aromatic N) is 2. The van der Waals surface area contributed by atoms with Crippen molar-refractivity contribution in [1.82, 2.24) is 9.80 Å². The van der Waals surface area contributed by atoms with E-state index in [1.165, 1.54) is 0 Å². The summed E-state index contributed by atoms with van der Waals surface area (Å²) in [7, 11) is 3.50. The van der Waals surface area contributed by atoms with Crippen molar-refractivity contribution in [2.24, 2.45) is 0 Å². The van der Waals surface area contributed by atoms with Crippen LogP contribution in [0.3, 0.4) is 0 Å². The van der Waals surface area contributed by atoms with Crippen molar-refractivity contribution in [3.05, 3.63) is 35.4 Å². The number of alkyl halides is 2. The lowest BCUT2D eigenvalue weighted by Gasteiger charge is -2.15. The largest absolute Gasteiger partial charge is 0.333 e. The minimum atomic E-state index is -0.0364. The van der Waals surface area contributed by atoms with Gasteiger partial charge in [-0.2, -0.15) is 0 Å². The molecule has 0 aliphatic carbocycles. The molecule has 18 heavy (non-hydrogen) atoms. The molecule has 0 radical (unpaired) electrons. The summed E-state index contributed by atoms with van der Waals surface area (Å²) in [6.07, 6.45) is 0.